The minimum Gasteiger partial charge on any atom is -0.507 e. The van der Waals surface area contributed by atoms with Crippen molar-refractivity contribution in [1.82, 2.24) is 24.4 Å². The van der Waals surface area contributed by atoms with Crippen molar-refractivity contribution >= 4 is 34.2 Å². The summed E-state index contributed by atoms with van der Waals surface area (Å²) in [6.07, 6.45) is 5.58. The van der Waals surface area contributed by atoms with Crippen LogP contribution >= 0.6 is 11.6 Å². The monoisotopic (exact) mass is 596 g/mol. The van der Waals surface area contributed by atoms with E-state index in [0.29, 0.717) is 25.5 Å². The van der Waals surface area contributed by atoms with E-state index in [2.05, 4.69) is 21.5 Å². The van der Waals surface area contributed by atoms with Crippen LogP contribution < -0.4 is 9.64 Å². The van der Waals surface area contributed by atoms with Crippen LogP contribution in [0.25, 0.3) is 22.0 Å². The SMILES string of the molecule is C=CC(=O)N1C[C@H](C)N(c2nc(OCCn3ccnc3CC)nc3c(F)c(-c4c(O)cccc4F)c(Cl)cc23)C[C@H]1C. The first kappa shape index (κ1) is 29.2. The average molecular weight is 597 g/mol. The van der Waals surface area contributed by atoms with E-state index < -0.39 is 17.4 Å². The normalized spacial score (nSPS) is 17.1. The molecule has 0 bridgehead atoms. The number of rotatable bonds is 8. The van der Waals surface area contributed by atoms with Crippen molar-refractivity contribution in [1.29, 1.82) is 0 Å². The predicted molar refractivity (Wildman–Crippen MR) is 157 cm³/mol. The molecule has 1 aliphatic heterocycles. The highest BCUT2D eigenvalue weighted by atomic mass is 35.5. The fraction of sp³-hybridized carbons (Fsp3) is 0.333. The summed E-state index contributed by atoms with van der Waals surface area (Å²) in [7, 11) is 0. The summed E-state index contributed by atoms with van der Waals surface area (Å²) in [4.78, 5) is 29.5. The third-order valence-electron chi connectivity index (χ3n) is 7.48. The first-order valence-corrected chi connectivity index (χ1v) is 14.0. The average Bonchev–Trinajstić information content (AvgIpc) is 3.42. The molecule has 42 heavy (non-hydrogen) atoms. The molecular formula is C30H31ClF2N6O3. The molecule has 1 fully saturated rings. The van der Waals surface area contributed by atoms with Crippen molar-refractivity contribution in [3.8, 4) is 22.9 Å². The summed E-state index contributed by atoms with van der Waals surface area (Å²) in [5.74, 6) is -1.14. The largest absolute Gasteiger partial charge is 0.507 e. The number of fused-ring (bicyclic) bond motifs is 1. The molecule has 5 rings (SSSR count). The van der Waals surface area contributed by atoms with Gasteiger partial charge in [0.2, 0.25) is 5.91 Å². The van der Waals surface area contributed by atoms with Gasteiger partial charge in [0, 0.05) is 54.9 Å². The zero-order valence-electron chi connectivity index (χ0n) is 23.5. The van der Waals surface area contributed by atoms with Gasteiger partial charge in [-0.05, 0) is 38.1 Å². The number of carbonyl (C=O) groups is 1. The number of anilines is 1. The first-order chi connectivity index (χ1) is 20.1. The number of halogens is 3. The van der Waals surface area contributed by atoms with Crippen LogP contribution in [0.1, 0.15) is 26.6 Å². The second kappa shape index (κ2) is 11.9. The van der Waals surface area contributed by atoms with Gasteiger partial charge in [0.05, 0.1) is 17.1 Å². The second-order valence-electron chi connectivity index (χ2n) is 10.2. The maximum absolute atomic E-state index is 16.3. The number of aryl methyl sites for hydroxylation is 1. The molecule has 1 saturated heterocycles. The van der Waals surface area contributed by atoms with Gasteiger partial charge in [-0.3, -0.25) is 4.79 Å². The molecule has 1 amide bonds. The van der Waals surface area contributed by atoms with E-state index in [1.807, 2.05) is 36.4 Å². The summed E-state index contributed by atoms with van der Waals surface area (Å²) in [6.45, 7) is 10.8. The molecule has 2 aromatic heterocycles. The van der Waals surface area contributed by atoms with E-state index in [4.69, 9.17) is 16.3 Å². The lowest BCUT2D eigenvalue weighted by molar-refractivity contribution is -0.128. The van der Waals surface area contributed by atoms with Gasteiger partial charge in [-0.1, -0.05) is 31.2 Å². The molecule has 9 nitrogen and oxygen atoms in total. The van der Waals surface area contributed by atoms with Gasteiger partial charge in [0.25, 0.3) is 0 Å². The van der Waals surface area contributed by atoms with Gasteiger partial charge >= 0.3 is 6.01 Å². The van der Waals surface area contributed by atoms with Crippen molar-refractivity contribution < 1.29 is 23.4 Å². The summed E-state index contributed by atoms with van der Waals surface area (Å²) in [6, 6.07) is 4.66. The Morgan fingerprint density at radius 1 is 1.21 bits per heavy atom. The zero-order valence-corrected chi connectivity index (χ0v) is 24.3. The number of nitrogens with zero attached hydrogens (tertiary/aromatic N) is 6. The number of ether oxygens (including phenoxy) is 1. The topological polar surface area (TPSA) is 96.6 Å². The van der Waals surface area contributed by atoms with Crippen molar-refractivity contribution in [3.05, 3.63) is 71.8 Å². The first-order valence-electron chi connectivity index (χ1n) is 13.6. The van der Waals surface area contributed by atoms with Crippen molar-refractivity contribution in [2.45, 2.75) is 45.8 Å². The van der Waals surface area contributed by atoms with E-state index >= 15 is 4.39 Å². The van der Waals surface area contributed by atoms with Crippen LogP contribution in [0.5, 0.6) is 11.8 Å². The van der Waals surface area contributed by atoms with Gasteiger partial charge < -0.3 is 24.2 Å². The van der Waals surface area contributed by atoms with Crippen LogP contribution in [0.2, 0.25) is 5.02 Å². The molecule has 0 radical (unpaired) electrons. The molecule has 12 heteroatoms. The molecule has 220 valence electrons. The van der Waals surface area contributed by atoms with E-state index in [1.165, 1.54) is 24.3 Å². The third-order valence-corrected chi connectivity index (χ3v) is 7.78. The minimum absolute atomic E-state index is 0.0787. The smallest absolute Gasteiger partial charge is 0.319 e. The Kier molecular flexibility index (Phi) is 8.31. The van der Waals surface area contributed by atoms with Crippen LogP contribution in [0.3, 0.4) is 0 Å². The molecule has 1 aliphatic rings. The number of phenolic OH excluding ortho intramolecular Hbond substituents is 1. The van der Waals surface area contributed by atoms with Crippen LogP contribution in [-0.4, -0.2) is 67.2 Å². The van der Waals surface area contributed by atoms with E-state index in [1.54, 1.807) is 11.1 Å². The summed E-state index contributed by atoms with van der Waals surface area (Å²) in [5.41, 5.74) is -0.821. The molecule has 0 saturated carbocycles. The molecule has 3 heterocycles. The number of amides is 1. The predicted octanol–water partition coefficient (Wildman–Crippen LogP) is 5.38. The number of aromatic hydroxyl groups is 1. The van der Waals surface area contributed by atoms with E-state index in [0.717, 1.165) is 18.3 Å². The quantitative estimate of drug-likeness (QED) is 0.273. The Balaban J connectivity index is 1.62. The Morgan fingerprint density at radius 2 is 2.00 bits per heavy atom. The fourth-order valence-electron chi connectivity index (χ4n) is 5.37. The summed E-state index contributed by atoms with van der Waals surface area (Å²) < 4.78 is 39.1. The number of imidazole rings is 1. The molecule has 0 spiro atoms. The molecule has 2 atom stereocenters. The van der Waals surface area contributed by atoms with Gasteiger partial charge in [-0.15, -0.1) is 0 Å². The second-order valence-corrected chi connectivity index (χ2v) is 10.6. The Hall–Kier alpha value is -4.25. The number of phenols is 1. The van der Waals surface area contributed by atoms with Crippen LogP contribution in [-0.2, 0) is 17.8 Å². The van der Waals surface area contributed by atoms with Gasteiger partial charge in [-0.2, -0.15) is 9.97 Å². The van der Waals surface area contributed by atoms with Gasteiger partial charge in [0.15, 0.2) is 5.82 Å². The van der Waals surface area contributed by atoms with E-state index in [-0.39, 0.29) is 57.7 Å². The van der Waals surface area contributed by atoms with Crippen molar-refractivity contribution in [2.75, 3.05) is 24.6 Å². The molecule has 0 unspecified atom stereocenters. The molecular weight excluding hydrogens is 566 g/mol. The highest BCUT2D eigenvalue weighted by Gasteiger charge is 2.34. The highest BCUT2D eigenvalue weighted by Crippen LogP contribution is 2.43. The van der Waals surface area contributed by atoms with Crippen LogP contribution in [0, 0.1) is 11.6 Å². The Bertz CT molecular complexity index is 1640. The Labute approximate surface area is 247 Å². The van der Waals surface area contributed by atoms with Crippen molar-refractivity contribution in [3.63, 3.8) is 0 Å². The van der Waals surface area contributed by atoms with E-state index in [9.17, 15) is 14.3 Å². The lowest BCUT2D eigenvalue weighted by Gasteiger charge is -2.44. The summed E-state index contributed by atoms with van der Waals surface area (Å²) in [5, 5.41) is 10.6. The number of hydrogen-bond donors (Lipinski definition) is 1. The van der Waals surface area contributed by atoms with Crippen LogP contribution in [0.15, 0.2) is 49.3 Å². The standard InChI is InChI=1S/C30H31ClF2N6O3/c1-5-23-34-10-11-37(23)12-13-42-30-35-28-19(14-20(31)25(27(28)33)26-21(32)8-7-9-22(26)40)29(36-30)39-16-17(3)38(15-18(39)4)24(41)6-2/h6-11,14,17-18,40H,2,5,12-13,15-16H2,1,3-4H3/t17-,18+/m1/s1. The molecule has 1 N–H and O–H groups in total. The Morgan fingerprint density at radius 3 is 2.71 bits per heavy atom. The number of piperazine rings is 1. The third kappa shape index (κ3) is 5.36. The fourth-order valence-corrected chi connectivity index (χ4v) is 5.66. The lowest BCUT2D eigenvalue weighted by atomic mass is 10.0. The molecule has 2 aromatic carbocycles. The number of aromatic nitrogens is 4. The zero-order chi connectivity index (χ0) is 30.1. The number of carbonyl (C=O) groups excluding carboxylic acids is 1. The molecule has 0 aliphatic carbocycles. The maximum atomic E-state index is 16.3. The molecule has 4 aromatic rings. The number of hydrogen-bond acceptors (Lipinski definition) is 7. The summed E-state index contributed by atoms with van der Waals surface area (Å²) >= 11 is 6.56. The van der Waals surface area contributed by atoms with Crippen LogP contribution in [0.4, 0.5) is 14.6 Å². The van der Waals surface area contributed by atoms with Crippen molar-refractivity contribution in [2.24, 2.45) is 0 Å². The van der Waals surface area contributed by atoms with Gasteiger partial charge in [0.1, 0.15) is 35.3 Å². The number of benzene rings is 2. The van der Waals surface area contributed by atoms with Gasteiger partial charge in [-0.25, -0.2) is 13.8 Å². The lowest BCUT2D eigenvalue weighted by Crippen LogP contribution is -2.58. The highest BCUT2D eigenvalue weighted by molar-refractivity contribution is 6.34. The minimum atomic E-state index is -0.921. The maximum Gasteiger partial charge on any atom is 0.319 e.